The summed E-state index contributed by atoms with van der Waals surface area (Å²) in [4.78, 5) is 22.9. The van der Waals surface area contributed by atoms with Crippen molar-refractivity contribution in [3.63, 3.8) is 0 Å². The second kappa shape index (κ2) is 7.56. The van der Waals surface area contributed by atoms with Gasteiger partial charge in [-0.25, -0.2) is 13.1 Å². The van der Waals surface area contributed by atoms with Crippen LogP contribution >= 0.6 is 0 Å². The Morgan fingerprint density at radius 1 is 1.22 bits per heavy atom. The van der Waals surface area contributed by atoms with Crippen molar-refractivity contribution < 1.29 is 22.7 Å². The monoisotopic (exact) mass is 340 g/mol. The Bertz CT molecular complexity index is 666. The first kappa shape index (κ1) is 17.4. The highest BCUT2D eigenvalue weighted by molar-refractivity contribution is 7.89. The highest BCUT2D eigenvalue weighted by atomic mass is 32.2. The van der Waals surface area contributed by atoms with Crippen LogP contribution in [-0.2, 0) is 24.3 Å². The van der Waals surface area contributed by atoms with Gasteiger partial charge in [0.25, 0.3) is 0 Å². The SMILES string of the molecule is COC(=O)CCNS(=O)(=O)c1ccc(NC(=O)C2CCC2)cc1. The van der Waals surface area contributed by atoms with Gasteiger partial charge in [-0.2, -0.15) is 0 Å². The molecule has 0 aliphatic heterocycles. The number of carbonyl (C=O) groups is 2. The minimum atomic E-state index is -3.69. The van der Waals surface area contributed by atoms with E-state index in [1.54, 1.807) is 12.1 Å². The maximum absolute atomic E-state index is 12.0. The van der Waals surface area contributed by atoms with Gasteiger partial charge < -0.3 is 10.1 Å². The van der Waals surface area contributed by atoms with Crippen LogP contribution in [0.5, 0.6) is 0 Å². The fourth-order valence-corrected chi connectivity index (χ4v) is 3.14. The average molecular weight is 340 g/mol. The highest BCUT2D eigenvalue weighted by Gasteiger charge is 2.25. The lowest BCUT2D eigenvalue weighted by Gasteiger charge is -2.24. The lowest BCUT2D eigenvalue weighted by Crippen LogP contribution is -2.28. The molecule has 1 aliphatic rings. The fraction of sp³-hybridized carbons (Fsp3) is 0.467. The van der Waals surface area contributed by atoms with Crippen molar-refractivity contribution in [3.05, 3.63) is 24.3 Å². The Labute approximate surface area is 135 Å². The Hall–Kier alpha value is -1.93. The summed E-state index contributed by atoms with van der Waals surface area (Å²) in [6, 6.07) is 5.92. The van der Waals surface area contributed by atoms with Crippen LogP contribution < -0.4 is 10.0 Å². The maximum Gasteiger partial charge on any atom is 0.306 e. The van der Waals surface area contributed by atoms with Crippen LogP contribution in [0.1, 0.15) is 25.7 Å². The first-order valence-corrected chi connectivity index (χ1v) is 8.88. The van der Waals surface area contributed by atoms with Gasteiger partial charge in [0.15, 0.2) is 0 Å². The van der Waals surface area contributed by atoms with Crippen LogP contribution in [0.2, 0.25) is 0 Å². The van der Waals surface area contributed by atoms with E-state index in [4.69, 9.17) is 0 Å². The van der Waals surface area contributed by atoms with E-state index >= 15 is 0 Å². The second-order valence-electron chi connectivity index (χ2n) is 5.37. The number of nitrogens with one attached hydrogen (secondary N) is 2. The van der Waals surface area contributed by atoms with E-state index in [0.717, 1.165) is 19.3 Å². The second-order valence-corrected chi connectivity index (χ2v) is 7.13. The molecule has 0 unspecified atom stereocenters. The van der Waals surface area contributed by atoms with Gasteiger partial charge in [0.1, 0.15) is 0 Å². The zero-order valence-corrected chi connectivity index (χ0v) is 13.7. The number of esters is 1. The van der Waals surface area contributed by atoms with E-state index in [0.29, 0.717) is 5.69 Å². The van der Waals surface area contributed by atoms with Crippen LogP contribution in [0.15, 0.2) is 29.2 Å². The summed E-state index contributed by atoms with van der Waals surface area (Å²) >= 11 is 0. The van der Waals surface area contributed by atoms with Gasteiger partial charge in [0.05, 0.1) is 18.4 Å². The number of benzene rings is 1. The predicted molar refractivity (Wildman–Crippen MR) is 84.2 cm³/mol. The molecular formula is C15H20N2O5S. The van der Waals surface area contributed by atoms with E-state index in [-0.39, 0.29) is 29.7 Å². The van der Waals surface area contributed by atoms with E-state index in [2.05, 4.69) is 14.8 Å². The Kier molecular flexibility index (Phi) is 5.73. The van der Waals surface area contributed by atoms with Crippen LogP contribution in [0.25, 0.3) is 0 Å². The number of hydrogen-bond donors (Lipinski definition) is 2. The van der Waals surface area contributed by atoms with E-state index in [1.165, 1.54) is 19.2 Å². The third kappa shape index (κ3) is 4.77. The summed E-state index contributed by atoms with van der Waals surface area (Å²) < 4.78 is 30.9. The first-order valence-electron chi connectivity index (χ1n) is 7.40. The number of sulfonamides is 1. The molecule has 7 nitrogen and oxygen atoms in total. The number of methoxy groups -OCH3 is 1. The highest BCUT2D eigenvalue weighted by Crippen LogP contribution is 2.27. The largest absolute Gasteiger partial charge is 0.469 e. The molecule has 2 rings (SSSR count). The van der Waals surface area contributed by atoms with Gasteiger partial charge in [-0.15, -0.1) is 0 Å². The molecule has 0 radical (unpaired) electrons. The molecule has 0 spiro atoms. The summed E-state index contributed by atoms with van der Waals surface area (Å²) in [5.74, 6) is -0.441. The molecule has 1 aromatic rings. The standard InChI is InChI=1S/C15H20N2O5S/c1-22-14(18)9-10-16-23(20,21)13-7-5-12(6-8-13)17-15(19)11-3-2-4-11/h5-8,11,16H,2-4,9-10H2,1H3,(H,17,19). The van der Waals surface area contributed by atoms with E-state index in [9.17, 15) is 18.0 Å². The topological polar surface area (TPSA) is 102 Å². The summed E-state index contributed by atoms with van der Waals surface area (Å²) in [5, 5.41) is 2.77. The van der Waals surface area contributed by atoms with Gasteiger partial charge in [-0.3, -0.25) is 9.59 Å². The zero-order valence-electron chi connectivity index (χ0n) is 12.9. The van der Waals surface area contributed by atoms with Crippen molar-refractivity contribution >= 4 is 27.6 Å². The molecule has 1 saturated carbocycles. The molecule has 1 aliphatic carbocycles. The molecule has 0 heterocycles. The Balaban J connectivity index is 1.92. The molecule has 2 N–H and O–H groups in total. The molecule has 126 valence electrons. The number of amides is 1. The molecule has 0 aromatic heterocycles. The number of carbonyl (C=O) groups excluding carboxylic acids is 2. The smallest absolute Gasteiger partial charge is 0.306 e. The summed E-state index contributed by atoms with van der Waals surface area (Å²) in [6.45, 7) is -0.0326. The maximum atomic E-state index is 12.0. The number of ether oxygens (including phenoxy) is 1. The minimum Gasteiger partial charge on any atom is -0.469 e. The average Bonchev–Trinajstić information content (AvgIpc) is 2.45. The van der Waals surface area contributed by atoms with Crippen LogP contribution in [-0.4, -0.2) is 33.9 Å². The lowest BCUT2D eigenvalue weighted by atomic mass is 9.85. The third-order valence-electron chi connectivity index (χ3n) is 3.76. The number of rotatable bonds is 7. The molecule has 1 aromatic carbocycles. The van der Waals surface area contributed by atoms with Gasteiger partial charge >= 0.3 is 5.97 Å². The molecule has 0 saturated heterocycles. The Morgan fingerprint density at radius 3 is 2.39 bits per heavy atom. The molecule has 23 heavy (non-hydrogen) atoms. The van der Waals surface area contributed by atoms with Crippen LogP contribution in [0, 0.1) is 5.92 Å². The van der Waals surface area contributed by atoms with Crippen molar-refractivity contribution in [1.29, 1.82) is 0 Å². The van der Waals surface area contributed by atoms with Gasteiger partial charge in [0, 0.05) is 18.2 Å². The molecule has 1 fully saturated rings. The fourth-order valence-electron chi connectivity index (χ4n) is 2.11. The number of anilines is 1. The summed E-state index contributed by atoms with van der Waals surface area (Å²) in [6.07, 6.45) is 2.85. The van der Waals surface area contributed by atoms with Crippen LogP contribution in [0.3, 0.4) is 0 Å². The van der Waals surface area contributed by atoms with Crippen molar-refractivity contribution in [3.8, 4) is 0 Å². The van der Waals surface area contributed by atoms with E-state index in [1.807, 2.05) is 0 Å². The van der Waals surface area contributed by atoms with Crippen molar-refractivity contribution in [2.24, 2.45) is 5.92 Å². The quantitative estimate of drug-likeness (QED) is 0.728. The predicted octanol–water partition coefficient (Wildman–Crippen LogP) is 1.27. The zero-order chi connectivity index (χ0) is 16.9. The van der Waals surface area contributed by atoms with E-state index < -0.39 is 16.0 Å². The van der Waals surface area contributed by atoms with Crippen molar-refractivity contribution in [1.82, 2.24) is 4.72 Å². The van der Waals surface area contributed by atoms with Gasteiger partial charge in [0.2, 0.25) is 15.9 Å². The van der Waals surface area contributed by atoms with Gasteiger partial charge in [-0.05, 0) is 37.1 Å². The molecule has 8 heteroatoms. The van der Waals surface area contributed by atoms with Crippen molar-refractivity contribution in [2.45, 2.75) is 30.6 Å². The van der Waals surface area contributed by atoms with Crippen LogP contribution in [0.4, 0.5) is 5.69 Å². The van der Waals surface area contributed by atoms with Gasteiger partial charge in [-0.1, -0.05) is 6.42 Å². The van der Waals surface area contributed by atoms with Crippen molar-refractivity contribution in [2.75, 3.05) is 19.0 Å². The normalized spacial score (nSPS) is 14.8. The molecule has 1 amide bonds. The Morgan fingerprint density at radius 2 is 1.87 bits per heavy atom. The molecule has 0 bridgehead atoms. The first-order chi connectivity index (χ1) is 10.9. The molecule has 0 atom stereocenters. The summed E-state index contributed by atoms with van der Waals surface area (Å²) in [5.41, 5.74) is 0.565. The summed E-state index contributed by atoms with van der Waals surface area (Å²) in [7, 11) is -2.45. The lowest BCUT2D eigenvalue weighted by molar-refractivity contribution is -0.140. The third-order valence-corrected chi connectivity index (χ3v) is 5.23. The minimum absolute atomic E-state index is 0.0249. The number of hydrogen-bond acceptors (Lipinski definition) is 5. The molecular weight excluding hydrogens is 320 g/mol.